The monoisotopic (exact) mass is 471 g/mol. The molecule has 0 atom stereocenters. The number of rotatable bonds is 3. The van der Waals surface area contributed by atoms with Gasteiger partial charge in [0.1, 0.15) is 17.2 Å². The van der Waals surface area contributed by atoms with Crippen LogP contribution in [0.5, 0.6) is 0 Å². The van der Waals surface area contributed by atoms with E-state index in [0.717, 1.165) is 11.0 Å². The van der Waals surface area contributed by atoms with Crippen LogP contribution < -0.4 is 5.32 Å². The minimum atomic E-state index is -0.514. The number of nitrogens with one attached hydrogen (secondary N) is 4. The van der Waals surface area contributed by atoms with Gasteiger partial charge in [-0.3, -0.25) is 4.79 Å². The van der Waals surface area contributed by atoms with Crippen LogP contribution in [0.25, 0.3) is 33.5 Å². The van der Waals surface area contributed by atoms with Crippen LogP contribution in [0, 0.1) is 10.6 Å². The van der Waals surface area contributed by atoms with Gasteiger partial charge in [-0.25, -0.2) is 9.37 Å². The third kappa shape index (κ3) is 3.59. The van der Waals surface area contributed by atoms with Gasteiger partial charge in [-0.15, -0.1) is 0 Å². The summed E-state index contributed by atoms with van der Waals surface area (Å²) in [6, 6.07) is 12.8. The lowest BCUT2D eigenvalue weighted by Crippen LogP contribution is -2.11. The number of H-pyrrole nitrogens is 3. The second kappa shape index (κ2) is 7.49. The van der Waals surface area contributed by atoms with Crippen LogP contribution in [0.1, 0.15) is 10.4 Å². The van der Waals surface area contributed by atoms with E-state index in [1.807, 2.05) is 6.07 Å². The van der Waals surface area contributed by atoms with Crippen molar-refractivity contribution < 1.29 is 9.18 Å². The number of fused-ring (bicyclic) bond motifs is 2. The van der Waals surface area contributed by atoms with Crippen LogP contribution in [-0.2, 0) is 0 Å². The Bertz CT molecular complexity index is 1530. The Labute approximate surface area is 189 Å². The Morgan fingerprint density at radius 1 is 0.968 bits per heavy atom. The van der Waals surface area contributed by atoms with Gasteiger partial charge in [-0.1, -0.05) is 29.3 Å². The predicted molar refractivity (Wildman–Crippen MR) is 123 cm³/mol. The molecule has 0 bridgehead atoms. The summed E-state index contributed by atoms with van der Waals surface area (Å²) in [6.07, 6.45) is 0. The molecule has 0 unspecified atom stereocenters. The maximum atomic E-state index is 14.3. The van der Waals surface area contributed by atoms with Gasteiger partial charge in [0.05, 0.1) is 32.2 Å². The Morgan fingerprint density at radius 3 is 2.58 bits per heavy atom. The van der Waals surface area contributed by atoms with Crippen LogP contribution in [0.4, 0.5) is 10.1 Å². The van der Waals surface area contributed by atoms with E-state index in [-0.39, 0.29) is 27.3 Å². The highest BCUT2D eigenvalue weighted by atomic mass is 35.5. The second-order valence-electron chi connectivity index (χ2n) is 6.83. The summed E-state index contributed by atoms with van der Waals surface area (Å²) in [7, 11) is 0. The molecule has 0 radical (unpaired) electrons. The molecule has 6 nitrogen and oxygen atoms in total. The largest absolute Gasteiger partial charge is 0.338 e. The number of halogens is 3. The Kier molecular flexibility index (Phi) is 4.77. The van der Waals surface area contributed by atoms with Crippen molar-refractivity contribution in [2.45, 2.75) is 0 Å². The van der Waals surface area contributed by atoms with E-state index in [4.69, 9.17) is 35.4 Å². The van der Waals surface area contributed by atoms with Gasteiger partial charge in [0.15, 0.2) is 4.77 Å². The maximum absolute atomic E-state index is 14.3. The fourth-order valence-electron chi connectivity index (χ4n) is 3.36. The van der Waals surface area contributed by atoms with Gasteiger partial charge in [0.25, 0.3) is 5.91 Å². The fraction of sp³-hybridized carbons (Fsp3) is 0. The summed E-state index contributed by atoms with van der Waals surface area (Å²) in [6.45, 7) is 0. The van der Waals surface area contributed by atoms with Crippen molar-refractivity contribution in [1.82, 2.24) is 19.9 Å². The highest BCUT2D eigenvalue weighted by Crippen LogP contribution is 2.32. The SMILES string of the molecule is O=C(Nc1ccc2[nH]c(=S)[nH]c2c1)c1cc(Cl)c2nc(-c3c(F)cccc3Cl)[nH]c2c1. The first-order valence-corrected chi connectivity index (χ1v) is 10.2. The molecule has 154 valence electrons. The standard InChI is InChI=1S/C21H12Cl2FN5OS/c22-11-2-1-3-13(24)17(11)19-26-16-7-9(6-12(23)18(16)29-19)20(30)25-10-4-5-14-15(8-10)28-21(31)27-14/h1-8H,(H,25,30)(H,26,29)(H2,27,28,31). The molecule has 2 heterocycles. The number of aromatic amines is 3. The number of hydrogen-bond donors (Lipinski definition) is 4. The summed E-state index contributed by atoms with van der Waals surface area (Å²) >= 11 is 17.6. The number of imidazole rings is 2. The molecule has 0 aliphatic carbocycles. The molecular weight excluding hydrogens is 460 g/mol. The van der Waals surface area contributed by atoms with E-state index in [1.165, 1.54) is 18.2 Å². The number of anilines is 1. The van der Waals surface area contributed by atoms with Crippen molar-refractivity contribution in [3.8, 4) is 11.4 Å². The number of carbonyl (C=O) groups is 1. The van der Waals surface area contributed by atoms with Gasteiger partial charge in [0, 0.05) is 11.3 Å². The maximum Gasteiger partial charge on any atom is 0.255 e. The van der Waals surface area contributed by atoms with Gasteiger partial charge in [-0.05, 0) is 54.7 Å². The van der Waals surface area contributed by atoms with E-state index < -0.39 is 5.82 Å². The lowest BCUT2D eigenvalue weighted by molar-refractivity contribution is 0.102. The van der Waals surface area contributed by atoms with Crippen molar-refractivity contribution in [3.63, 3.8) is 0 Å². The summed E-state index contributed by atoms with van der Waals surface area (Å²) in [5, 5.41) is 3.30. The predicted octanol–water partition coefficient (Wildman–Crippen LogP) is 6.47. The van der Waals surface area contributed by atoms with Crippen molar-refractivity contribution in [2.24, 2.45) is 0 Å². The van der Waals surface area contributed by atoms with E-state index in [2.05, 4.69) is 25.3 Å². The molecule has 1 amide bonds. The summed E-state index contributed by atoms with van der Waals surface area (Å²) in [4.78, 5) is 26.2. The van der Waals surface area contributed by atoms with Crippen molar-refractivity contribution in [2.75, 3.05) is 5.32 Å². The Balaban J connectivity index is 1.51. The van der Waals surface area contributed by atoms with Crippen molar-refractivity contribution in [1.29, 1.82) is 0 Å². The molecule has 0 saturated heterocycles. The molecular formula is C21H12Cl2FN5OS. The smallest absolute Gasteiger partial charge is 0.255 e. The third-order valence-corrected chi connectivity index (χ3v) is 5.58. The molecule has 31 heavy (non-hydrogen) atoms. The third-order valence-electron chi connectivity index (χ3n) is 4.78. The molecule has 3 aromatic carbocycles. The van der Waals surface area contributed by atoms with Crippen LogP contribution in [0.15, 0.2) is 48.5 Å². The fourth-order valence-corrected chi connectivity index (χ4v) is 4.10. The van der Waals surface area contributed by atoms with E-state index >= 15 is 0 Å². The lowest BCUT2D eigenvalue weighted by Gasteiger charge is -2.06. The van der Waals surface area contributed by atoms with Crippen LogP contribution in [0.2, 0.25) is 10.0 Å². The van der Waals surface area contributed by atoms with E-state index in [9.17, 15) is 9.18 Å². The molecule has 0 spiro atoms. The molecule has 10 heteroatoms. The summed E-state index contributed by atoms with van der Waals surface area (Å²) in [5.74, 6) is -0.650. The molecule has 5 rings (SSSR count). The van der Waals surface area contributed by atoms with Crippen LogP contribution in [0.3, 0.4) is 0 Å². The number of nitrogens with zero attached hydrogens (tertiary/aromatic N) is 1. The highest BCUT2D eigenvalue weighted by molar-refractivity contribution is 7.71. The molecule has 0 saturated carbocycles. The number of benzene rings is 3. The molecule has 5 aromatic rings. The number of amides is 1. The molecule has 4 N–H and O–H groups in total. The van der Waals surface area contributed by atoms with Gasteiger partial charge in [0.2, 0.25) is 0 Å². The average molecular weight is 472 g/mol. The first-order chi connectivity index (χ1) is 14.9. The minimum absolute atomic E-state index is 0.139. The van der Waals surface area contributed by atoms with Gasteiger partial charge >= 0.3 is 0 Å². The number of hydrogen-bond acceptors (Lipinski definition) is 3. The Hall–Kier alpha value is -3.20. The van der Waals surface area contributed by atoms with E-state index in [0.29, 0.717) is 27.1 Å². The quantitative estimate of drug-likeness (QED) is 0.227. The average Bonchev–Trinajstić information content (AvgIpc) is 3.30. The first-order valence-electron chi connectivity index (χ1n) is 9.06. The zero-order valence-electron chi connectivity index (χ0n) is 15.5. The summed E-state index contributed by atoms with van der Waals surface area (Å²) < 4.78 is 14.8. The summed E-state index contributed by atoms with van der Waals surface area (Å²) in [5.41, 5.74) is 3.54. The van der Waals surface area contributed by atoms with Crippen molar-refractivity contribution in [3.05, 3.63) is 74.7 Å². The Morgan fingerprint density at radius 2 is 1.77 bits per heavy atom. The van der Waals surface area contributed by atoms with E-state index in [1.54, 1.807) is 24.3 Å². The van der Waals surface area contributed by atoms with Gasteiger partial charge < -0.3 is 20.3 Å². The van der Waals surface area contributed by atoms with Crippen molar-refractivity contribution >= 4 is 69.1 Å². The highest BCUT2D eigenvalue weighted by Gasteiger charge is 2.17. The molecule has 2 aromatic heterocycles. The molecule has 0 fully saturated rings. The van der Waals surface area contributed by atoms with Crippen LogP contribution >= 0.6 is 35.4 Å². The normalized spacial score (nSPS) is 11.3. The van der Waals surface area contributed by atoms with Gasteiger partial charge in [-0.2, -0.15) is 0 Å². The zero-order valence-corrected chi connectivity index (χ0v) is 17.8. The number of aromatic nitrogens is 4. The molecule has 0 aliphatic heterocycles. The topological polar surface area (TPSA) is 89.4 Å². The van der Waals surface area contributed by atoms with Crippen LogP contribution in [-0.4, -0.2) is 25.8 Å². The lowest BCUT2D eigenvalue weighted by atomic mass is 10.1. The number of carbonyl (C=O) groups excluding carboxylic acids is 1. The minimum Gasteiger partial charge on any atom is -0.338 e. The second-order valence-corrected chi connectivity index (χ2v) is 8.05. The molecule has 0 aliphatic rings. The first kappa shape index (κ1) is 19.7. The zero-order chi connectivity index (χ0) is 21.7.